The Kier molecular flexibility index (Phi) is 4.36. The maximum atomic E-state index is 4.51. The Labute approximate surface area is 132 Å². The third kappa shape index (κ3) is 3.16. The van der Waals surface area contributed by atoms with Crippen LogP contribution in [0.5, 0.6) is 0 Å². The Morgan fingerprint density at radius 1 is 1.19 bits per heavy atom. The van der Waals surface area contributed by atoms with E-state index in [0.717, 1.165) is 36.0 Å². The fraction of sp³-hybridized carbons (Fsp3) is 0.333. The summed E-state index contributed by atoms with van der Waals surface area (Å²) in [6.07, 6.45) is 1.97. The predicted molar refractivity (Wildman–Crippen MR) is 92.6 cm³/mol. The van der Waals surface area contributed by atoms with Crippen LogP contribution in [0.1, 0.15) is 18.7 Å². The van der Waals surface area contributed by atoms with Crippen molar-refractivity contribution in [3.05, 3.63) is 34.8 Å². The number of fused-ring (bicyclic) bond motifs is 1. The van der Waals surface area contributed by atoms with Gasteiger partial charge in [0.1, 0.15) is 0 Å². The van der Waals surface area contributed by atoms with E-state index in [1.165, 1.54) is 9.58 Å². The van der Waals surface area contributed by atoms with Crippen LogP contribution < -0.4 is 10.2 Å². The summed E-state index contributed by atoms with van der Waals surface area (Å²) in [4.78, 5) is 12.3. The molecule has 0 aliphatic carbocycles. The van der Waals surface area contributed by atoms with Crippen LogP contribution >= 0.6 is 22.7 Å². The average Bonchev–Trinajstić information content (AvgIpc) is 3.15. The van der Waals surface area contributed by atoms with Crippen LogP contribution in [0.4, 0.5) is 10.8 Å². The molecule has 0 saturated carbocycles. The Bertz CT molecular complexity index is 715. The molecule has 6 heteroatoms. The van der Waals surface area contributed by atoms with E-state index in [2.05, 4.69) is 52.2 Å². The average molecular weight is 318 g/mol. The zero-order valence-electron chi connectivity index (χ0n) is 12.2. The van der Waals surface area contributed by atoms with Gasteiger partial charge in [-0.1, -0.05) is 0 Å². The van der Waals surface area contributed by atoms with Gasteiger partial charge in [-0.2, -0.15) is 0 Å². The summed E-state index contributed by atoms with van der Waals surface area (Å²) in [5.41, 5.74) is 4.07. The van der Waals surface area contributed by atoms with Crippen molar-refractivity contribution >= 4 is 43.7 Å². The largest absolute Gasteiger partial charge is 0.380 e. The zero-order chi connectivity index (χ0) is 14.7. The molecule has 2 aromatic heterocycles. The summed E-state index contributed by atoms with van der Waals surface area (Å²) >= 11 is 3.43. The number of nitrogens with one attached hydrogen (secondary N) is 1. The molecule has 0 spiro atoms. The Morgan fingerprint density at radius 2 is 2.05 bits per heavy atom. The molecule has 1 aromatic carbocycles. The van der Waals surface area contributed by atoms with E-state index in [1.54, 1.807) is 22.7 Å². The molecule has 0 aliphatic heterocycles. The molecule has 3 rings (SSSR count). The molecular formula is C15H18N4S2. The highest BCUT2D eigenvalue weighted by Crippen LogP contribution is 2.25. The molecule has 0 radical (unpaired) electrons. The fourth-order valence-corrected chi connectivity index (χ4v) is 3.87. The number of anilines is 2. The fourth-order valence-electron chi connectivity index (χ4n) is 2.17. The van der Waals surface area contributed by atoms with Crippen molar-refractivity contribution in [1.29, 1.82) is 0 Å². The molecule has 0 amide bonds. The molecule has 0 unspecified atom stereocenters. The van der Waals surface area contributed by atoms with Crippen LogP contribution in [-0.2, 0) is 6.54 Å². The van der Waals surface area contributed by atoms with Crippen molar-refractivity contribution in [3.8, 4) is 0 Å². The minimum absolute atomic E-state index is 0.809. The van der Waals surface area contributed by atoms with Crippen molar-refractivity contribution in [2.75, 3.05) is 23.3 Å². The monoisotopic (exact) mass is 318 g/mol. The summed E-state index contributed by atoms with van der Waals surface area (Å²) in [7, 11) is 0. The second kappa shape index (κ2) is 6.41. The summed E-state index contributed by atoms with van der Waals surface area (Å²) in [5.74, 6) is 0. The molecule has 4 nitrogen and oxygen atoms in total. The van der Waals surface area contributed by atoms with Gasteiger partial charge in [0, 0.05) is 29.9 Å². The molecule has 21 heavy (non-hydrogen) atoms. The zero-order valence-corrected chi connectivity index (χ0v) is 13.8. The van der Waals surface area contributed by atoms with Crippen LogP contribution in [0, 0.1) is 0 Å². The van der Waals surface area contributed by atoms with Gasteiger partial charge in [-0.3, -0.25) is 0 Å². The van der Waals surface area contributed by atoms with Crippen molar-refractivity contribution in [2.24, 2.45) is 0 Å². The quantitative estimate of drug-likeness (QED) is 0.739. The first-order chi connectivity index (χ1) is 10.3. The molecule has 1 N–H and O–H groups in total. The van der Waals surface area contributed by atoms with E-state index in [4.69, 9.17) is 0 Å². The predicted octanol–water partition coefficient (Wildman–Crippen LogP) is 4.21. The molecule has 2 heterocycles. The number of benzene rings is 1. The second-order valence-electron chi connectivity index (χ2n) is 4.67. The lowest BCUT2D eigenvalue weighted by Gasteiger charge is -2.16. The van der Waals surface area contributed by atoms with Gasteiger partial charge >= 0.3 is 0 Å². The lowest BCUT2D eigenvalue weighted by molar-refractivity contribution is 0.860. The normalized spacial score (nSPS) is 11.0. The van der Waals surface area contributed by atoms with Crippen LogP contribution in [0.2, 0.25) is 0 Å². The SMILES string of the molecule is CCN(CC)c1ncc(CNc2ccc3ncsc3c2)s1. The first kappa shape index (κ1) is 14.3. The Morgan fingerprint density at radius 3 is 2.86 bits per heavy atom. The smallest absolute Gasteiger partial charge is 0.185 e. The van der Waals surface area contributed by atoms with Gasteiger partial charge in [-0.25, -0.2) is 9.97 Å². The summed E-state index contributed by atoms with van der Waals surface area (Å²) < 4.78 is 1.22. The van der Waals surface area contributed by atoms with E-state index in [0.29, 0.717) is 0 Å². The third-order valence-corrected chi connectivity index (χ3v) is 5.22. The van der Waals surface area contributed by atoms with Gasteiger partial charge in [0.05, 0.1) is 22.3 Å². The molecule has 0 saturated heterocycles. The molecule has 0 atom stereocenters. The van der Waals surface area contributed by atoms with Crippen LogP contribution in [0.3, 0.4) is 0 Å². The molecule has 110 valence electrons. The van der Waals surface area contributed by atoms with Crippen LogP contribution in [-0.4, -0.2) is 23.1 Å². The van der Waals surface area contributed by atoms with Crippen LogP contribution in [0.25, 0.3) is 10.2 Å². The van der Waals surface area contributed by atoms with Gasteiger partial charge in [0.15, 0.2) is 5.13 Å². The maximum Gasteiger partial charge on any atom is 0.185 e. The number of hydrogen-bond donors (Lipinski definition) is 1. The van der Waals surface area contributed by atoms with E-state index in [-0.39, 0.29) is 0 Å². The molecule has 0 bridgehead atoms. The van der Waals surface area contributed by atoms with E-state index >= 15 is 0 Å². The van der Waals surface area contributed by atoms with Gasteiger partial charge in [-0.05, 0) is 32.0 Å². The number of aromatic nitrogens is 2. The number of thiazole rings is 2. The Balaban J connectivity index is 1.67. The minimum atomic E-state index is 0.809. The highest BCUT2D eigenvalue weighted by molar-refractivity contribution is 7.16. The Hall–Kier alpha value is -1.66. The first-order valence-corrected chi connectivity index (χ1v) is 8.76. The van der Waals surface area contributed by atoms with Crippen molar-refractivity contribution in [3.63, 3.8) is 0 Å². The van der Waals surface area contributed by atoms with Crippen molar-refractivity contribution in [2.45, 2.75) is 20.4 Å². The summed E-state index contributed by atoms with van der Waals surface area (Å²) in [6.45, 7) is 7.13. The summed E-state index contributed by atoms with van der Waals surface area (Å²) in [5, 5.41) is 4.57. The molecule has 0 aliphatic rings. The highest BCUT2D eigenvalue weighted by Gasteiger charge is 2.07. The number of nitrogens with zero attached hydrogens (tertiary/aromatic N) is 3. The van der Waals surface area contributed by atoms with Crippen LogP contribution in [0.15, 0.2) is 29.9 Å². The molecule has 3 aromatic rings. The van der Waals surface area contributed by atoms with Gasteiger partial charge < -0.3 is 10.2 Å². The van der Waals surface area contributed by atoms with Crippen molar-refractivity contribution in [1.82, 2.24) is 9.97 Å². The van der Waals surface area contributed by atoms with Gasteiger partial charge in [-0.15, -0.1) is 22.7 Å². The van der Waals surface area contributed by atoms with Gasteiger partial charge in [0.2, 0.25) is 0 Å². The maximum absolute atomic E-state index is 4.51. The van der Waals surface area contributed by atoms with E-state index < -0.39 is 0 Å². The van der Waals surface area contributed by atoms with E-state index in [1.807, 2.05) is 11.7 Å². The number of hydrogen-bond acceptors (Lipinski definition) is 6. The lowest BCUT2D eigenvalue weighted by atomic mass is 10.3. The first-order valence-electron chi connectivity index (χ1n) is 7.07. The standard InChI is InChI=1S/C15H18N4S2/c1-3-19(4-2)15-17-9-12(21-15)8-16-11-5-6-13-14(7-11)20-10-18-13/h5-7,9-10,16H,3-4,8H2,1-2H3. The lowest BCUT2D eigenvalue weighted by Crippen LogP contribution is -2.21. The second-order valence-corrected chi connectivity index (χ2v) is 6.65. The highest BCUT2D eigenvalue weighted by atomic mass is 32.1. The topological polar surface area (TPSA) is 41.1 Å². The molecular weight excluding hydrogens is 300 g/mol. The van der Waals surface area contributed by atoms with Gasteiger partial charge in [0.25, 0.3) is 0 Å². The van der Waals surface area contributed by atoms with E-state index in [9.17, 15) is 0 Å². The van der Waals surface area contributed by atoms with Crippen molar-refractivity contribution < 1.29 is 0 Å². The number of rotatable bonds is 6. The summed E-state index contributed by atoms with van der Waals surface area (Å²) in [6, 6.07) is 6.29. The third-order valence-electron chi connectivity index (χ3n) is 3.37. The minimum Gasteiger partial charge on any atom is -0.380 e. The molecule has 0 fully saturated rings.